The zero-order valence-corrected chi connectivity index (χ0v) is 10.1. The van der Waals surface area contributed by atoms with E-state index in [0.717, 1.165) is 12.8 Å². The first-order valence-corrected chi connectivity index (χ1v) is 6.66. The van der Waals surface area contributed by atoms with Crippen LogP contribution < -0.4 is 5.32 Å². The summed E-state index contributed by atoms with van der Waals surface area (Å²) in [6, 6.07) is 0. The molecule has 0 spiro atoms. The summed E-state index contributed by atoms with van der Waals surface area (Å²) in [7, 11) is 0. The quantitative estimate of drug-likeness (QED) is 0.841. The van der Waals surface area contributed by atoms with Crippen LogP contribution >= 0.6 is 11.8 Å². The Morgan fingerprint density at radius 2 is 2.31 bits per heavy atom. The van der Waals surface area contributed by atoms with Gasteiger partial charge in [-0.05, 0) is 37.2 Å². The molecule has 6 heteroatoms. The number of carbonyl (C=O) groups is 1. The molecule has 0 radical (unpaired) electrons. The first-order chi connectivity index (χ1) is 7.74. The fourth-order valence-corrected chi connectivity index (χ4v) is 2.99. The molecule has 88 valence electrons. The molecule has 1 amide bonds. The average molecular weight is 240 g/mol. The van der Waals surface area contributed by atoms with E-state index in [1.165, 1.54) is 11.5 Å². The molecule has 1 aromatic rings. The second-order valence-electron chi connectivity index (χ2n) is 4.05. The zero-order chi connectivity index (χ0) is 11.4. The predicted octanol–water partition coefficient (Wildman–Crippen LogP) is 1.58. The van der Waals surface area contributed by atoms with Crippen molar-refractivity contribution in [3.8, 4) is 0 Å². The van der Waals surface area contributed by atoms with Gasteiger partial charge in [0.25, 0.3) is 0 Å². The lowest BCUT2D eigenvalue weighted by molar-refractivity contribution is -0.117. The van der Waals surface area contributed by atoms with Crippen LogP contribution in [-0.4, -0.2) is 32.6 Å². The van der Waals surface area contributed by atoms with Crippen molar-refractivity contribution in [2.24, 2.45) is 5.92 Å². The van der Waals surface area contributed by atoms with Gasteiger partial charge in [0.1, 0.15) is 5.82 Å². The van der Waals surface area contributed by atoms with Crippen LogP contribution in [0.5, 0.6) is 0 Å². The second-order valence-corrected chi connectivity index (χ2v) is 5.28. The first kappa shape index (κ1) is 11.4. The van der Waals surface area contributed by atoms with E-state index in [1.807, 2.05) is 11.8 Å². The molecule has 0 bridgehead atoms. The zero-order valence-electron chi connectivity index (χ0n) is 9.32. The van der Waals surface area contributed by atoms with Crippen LogP contribution in [0.4, 0.5) is 5.95 Å². The normalized spacial score (nSPS) is 17.3. The Balaban J connectivity index is 1.79. The number of rotatable bonds is 3. The summed E-state index contributed by atoms with van der Waals surface area (Å²) in [6.07, 6.45) is 2.88. The minimum atomic E-state index is 0.0240. The number of anilines is 1. The summed E-state index contributed by atoms with van der Waals surface area (Å²) >= 11 is 1.97. The number of hydrogen-bond donors (Lipinski definition) is 2. The van der Waals surface area contributed by atoms with Crippen molar-refractivity contribution >= 4 is 23.6 Å². The van der Waals surface area contributed by atoms with Gasteiger partial charge >= 0.3 is 0 Å². The molecule has 0 aromatic carbocycles. The van der Waals surface area contributed by atoms with E-state index in [1.54, 1.807) is 6.92 Å². The van der Waals surface area contributed by atoms with Crippen molar-refractivity contribution in [3.63, 3.8) is 0 Å². The van der Waals surface area contributed by atoms with Crippen LogP contribution in [0, 0.1) is 12.8 Å². The average Bonchev–Trinajstić information content (AvgIpc) is 2.65. The summed E-state index contributed by atoms with van der Waals surface area (Å²) in [6.45, 7) is 1.81. The summed E-state index contributed by atoms with van der Waals surface area (Å²) in [5.74, 6) is 4.00. The van der Waals surface area contributed by atoms with Crippen LogP contribution in [0.1, 0.15) is 25.1 Å². The summed E-state index contributed by atoms with van der Waals surface area (Å²) in [5, 5.41) is 9.29. The van der Waals surface area contributed by atoms with Gasteiger partial charge in [0.15, 0.2) is 0 Å². The van der Waals surface area contributed by atoms with E-state index in [9.17, 15) is 4.79 Å². The van der Waals surface area contributed by atoms with E-state index in [-0.39, 0.29) is 5.91 Å². The highest BCUT2D eigenvalue weighted by molar-refractivity contribution is 7.99. The van der Waals surface area contributed by atoms with E-state index in [0.29, 0.717) is 24.1 Å². The van der Waals surface area contributed by atoms with Crippen molar-refractivity contribution in [2.75, 3.05) is 16.8 Å². The van der Waals surface area contributed by atoms with E-state index in [4.69, 9.17) is 0 Å². The number of aryl methyl sites for hydroxylation is 1. The first-order valence-electron chi connectivity index (χ1n) is 5.50. The van der Waals surface area contributed by atoms with Crippen LogP contribution in [0.3, 0.4) is 0 Å². The summed E-state index contributed by atoms with van der Waals surface area (Å²) < 4.78 is 0. The maximum absolute atomic E-state index is 11.7. The number of thioether (sulfide) groups is 1. The molecule has 1 fully saturated rings. The third-order valence-electron chi connectivity index (χ3n) is 2.66. The third-order valence-corrected chi connectivity index (χ3v) is 3.71. The van der Waals surface area contributed by atoms with Gasteiger partial charge in [0, 0.05) is 6.42 Å². The third kappa shape index (κ3) is 3.23. The van der Waals surface area contributed by atoms with Gasteiger partial charge in [0.2, 0.25) is 11.9 Å². The van der Waals surface area contributed by atoms with Gasteiger partial charge in [0.05, 0.1) is 0 Å². The highest BCUT2D eigenvalue weighted by Gasteiger charge is 2.17. The van der Waals surface area contributed by atoms with Crippen LogP contribution in [0.25, 0.3) is 0 Å². The largest absolute Gasteiger partial charge is 0.293 e. The number of aromatic amines is 1. The molecule has 16 heavy (non-hydrogen) atoms. The molecule has 0 aliphatic carbocycles. The van der Waals surface area contributed by atoms with E-state index >= 15 is 0 Å². The number of carbonyl (C=O) groups excluding carboxylic acids is 1. The van der Waals surface area contributed by atoms with Crippen molar-refractivity contribution < 1.29 is 4.79 Å². The summed E-state index contributed by atoms with van der Waals surface area (Å²) in [5.41, 5.74) is 0. The van der Waals surface area contributed by atoms with Gasteiger partial charge in [-0.3, -0.25) is 15.2 Å². The van der Waals surface area contributed by atoms with Crippen LogP contribution in [-0.2, 0) is 4.79 Å². The van der Waals surface area contributed by atoms with Gasteiger partial charge in [-0.1, -0.05) is 0 Å². The monoisotopic (exact) mass is 240 g/mol. The molecule has 1 saturated heterocycles. The number of H-pyrrole nitrogens is 1. The highest BCUT2D eigenvalue weighted by Crippen LogP contribution is 2.25. The molecule has 1 aliphatic heterocycles. The van der Waals surface area contributed by atoms with Crippen LogP contribution in [0.2, 0.25) is 0 Å². The lowest BCUT2D eigenvalue weighted by Crippen LogP contribution is -2.20. The Kier molecular flexibility index (Phi) is 3.82. The molecule has 2 rings (SSSR count). The second kappa shape index (κ2) is 5.34. The standard InChI is InChI=1S/C10H16N4OS/c1-7-11-10(14-13-7)12-9(15)6-8-2-4-16-5-3-8/h8H,2-6H2,1H3,(H2,11,12,13,14,15). The van der Waals surface area contributed by atoms with E-state index in [2.05, 4.69) is 20.5 Å². The molecule has 0 unspecified atom stereocenters. The minimum Gasteiger partial charge on any atom is -0.293 e. The Hall–Kier alpha value is -1.04. The highest BCUT2D eigenvalue weighted by atomic mass is 32.2. The van der Waals surface area contributed by atoms with Crippen molar-refractivity contribution in [1.29, 1.82) is 0 Å². The maximum atomic E-state index is 11.7. The van der Waals surface area contributed by atoms with Gasteiger partial charge in [-0.25, -0.2) is 0 Å². The SMILES string of the molecule is Cc1nc(NC(=O)CC2CCSCC2)n[nH]1. The number of aromatic nitrogens is 3. The van der Waals surface area contributed by atoms with Crippen LogP contribution in [0.15, 0.2) is 0 Å². The molecule has 2 heterocycles. The van der Waals surface area contributed by atoms with Crippen molar-refractivity contribution in [1.82, 2.24) is 15.2 Å². The molecule has 5 nitrogen and oxygen atoms in total. The number of nitrogens with zero attached hydrogens (tertiary/aromatic N) is 2. The number of amides is 1. The Labute approximate surface area is 98.8 Å². The Morgan fingerprint density at radius 3 is 2.94 bits per heavy atom. The number of hydrogen-bond acceptors (Lipinski definition) is 4. The smallest absolute Gasteiger partial charge is 0.248 e. The molecule has 1 aliphatic rings. The molecular weight excluding hydrogens is 224 g/mol. The fraction of sp³-hybridized carbons (Fsp3) is 0.700. The van der Waals surface area contributed by atoms with Crippen molar-refractivity contribution in [2.45, 2.75) is 26.2 Å². The Bertz CT molecular complexity index is 359. The summed E-state index contributed by atoms with van der Waals surface area (Å²) in [4.78, 5) is 15.7. The molecule has 0 atom stereocenters. The fourth-order valence-electron chi connectivity index (χ4n) is 1.79. The topological polar surface area (TPSA) is 70.7 Å². The van der Waals surface area contributed by atoms with E-state index < -0.39 is 0 Å². The lowest BCUT2D eigenvalue weighted by Gasteiger charge is -2.20. The lowest BCUT2D eigenvalue weighted by atomic mass is 9.98. The number of nitrogens with one attached hydrogen (secondary N) is 2. The predicted molar refractivity (Wildman–Crippen MR) is 64.4 cm³/mol. The Morgan fingerprint density at radius 1 is 1.56 bits per heavy atom. The van der Waals surface area contributed by atoms with Gasteiger partial charge < -0.3 is 0 Å². The maximum Gasteiger partial charge on any atom is 0.248 e. The molecule has 1 aromatic heterocycles. The molecule has 0 saturated carbocycles. The van der Waals surface area contributed by atoms with Gasteiger partial charge in [-0.15, -0.1) is 5.10 Å². The van der Waals surface area contributed by atoms with Crippen molar-refractivity contribution in [3.05, 3.63) is 5.82 Å². The van der Waals surface area contributed by atoms with Gasteiger partial charge in [-0.2, -0.15) is 16.7 Å². The molecular formula is C10H16N4OS. The minimum absolute atomic E-state index is 0.0240. The molecule has 2 N–H and O–H groups in total.